The van der Waals surface area contributed by atoms with Gasteiger partial charge in [0.1, 0.15) is 11.6 Å². The lowest BCUT2D eigenvalue weighted by atomic mass is 9.92. The molecule has 0 amide bonds. The molecule has 1 aromatic rings. The van der Waals surface area contributed by atoms with E-state index in [1.165, 1.54) is 13.2 Å². The van der Waals surface area contributed by atoms with Crippen molar-refractivity contribution >= 4 is 0 Å². The Morgan fingerprint density at radius 2 is 2.14 bits per heavy atom. The van der Waals surface area contributed by atoms with E-state index in [9.17, 15) is 9.50 Å². The second-order valence-electron chi connectivity index (χ2n) is 3.44. The number of hydrogen-bond acceptors (Lipinski definition) is 2. The van der Waals surface area contributed by atoms with Gasteiger partial charge in [0.25, 0.3) is 0 Å². The second kappa shape index (κ2) is 3.96. The van der Waals surface area contributed by atoms with Gasteiger partial charge in [-0.2, -0.15) is 0 Å². The molecule has 1 unspecified atom stereocenters. The van der Waals surface area contributed by atoms with Crippen LogP contribution in [-0.4, -0.2) is 12.2 Å². The van der Waals surface area contributed by atoms with Crippen LogP contribution in [0.15, 0.2) is 18.2 Å². The minimum Gasteiger partial charge on any atom is -0.496 e. The molecule has 0 radical (unpaired) electrons. The summed E-state index contributed by atoms with van der Waals surface area (Å²) in [4.78, 5) is 0. The Balaban J connectivity index is 3.30. The molecule has 0 bridgehead atoms. The van der Waals surface area contributed by atoms with Gasteiger partial charge in [-0.15, -0.1) is 0 Å². The fraction of sp³-hybridized carbons (Fsp3) is 0.455. The summed E-state index contributed by atoms with van der Waals surface area (Å²) < 4.78 is 18.5. The molecule has 0 heterocycles. The van der Waals surface area contributed by atoms with Crippen molar-refractivity contribution in [3.05, 3.63) is 29.6 Å². The summed E-state index contributed by atoms with van der Waals surface area (Å²) in [5.41, 5.74) is -0.957. The van der Waals surface area contributed by atoms with Crippen LogP contribution in [0.1, 0.15) is 25.8 Å². The Labute approximate surface area is 83.3 Å². The van der Waals surface area contributed by atoms with Crippen molar-refractivity contribution in [1.82, 2.24) is 0 Å². The highest BCUT2D eigenvalue weighted by Crippen LogP contribution is 2.34. The summed E-state index contributed by atoms with van der Waals surface area (Å²) in [7, 11) is 1.46. The number of hydrogen-bond donors (Lipinski definition) is 1. The predicted octanol–water partition coefficient (Wildman–Crippen LogP) is 2.45. The van der Waals surface area contributed by atoms with Gasteiger partial charge in [0.05, 0.1) is 18.3 Å². The van der Waals surface area contributed by atoms with Gasteiger partial charge in [-0.25, -0.2) is 4.39 Å². The van der Waals surface area contributed by atoms with E-state index in [-0.39, 0.29) is 5.56 Å². The Bertz CT molecular complexity index is 321. The highest BCUT2D eigenvalue weighted by atomic mass is 19.1. The van der Waals surface area contributed by atoms with Crippen LogP contribution >= 0.6 is 0 Å². The van der Waals surface area contributed by atoms with Gasteiger partial charge in [0, 0.05) is 0 Å². The van der Waals surface area contributed by atoms with Crippen molar-refractivity contribution in [2.24, 2.45) is 0 Å². The maximum absolute atomic E-state index is 13.5. The van der Waals surface area contributed by atoms with Crippen molar-refractivity contribution in [1.29, 1.82) is 0 Å². The third-order valence-corrected chi connectivity index (χ3v) is 2.42. The lowest BCUT2D eigenvalue weighted by Crippen LogP contribution is -2.22. The molecule has 0 fully saturated rings. The molecule has 0 spiro atoms. The summed E-state index contributed by atoms with van der Waals surface area (Å²) in [6.45, 7) is 3.37. The molecule has 14 heavy (non-hydrogen) atoms. The summed E-state index contributed by atoms with van der Waals surface area (Å²) in [5, 5.41) is 9.97. The lowest BCUT2D eigenvalue weighted by Gasteiger charge is -2.24. The van der Waals surface area contributed by atoms with E-state index in [2.05, 4.69) is 0 Å². The Kier molecular flexibility index (Phi) is 3.11. The van der Waals surface area contributed by atoms with E-state index in [4.69, 9.17) is 4.74 Å². The van der Waals surface area contributed by atoms with Crippen LogP contribution in [0.2, 0.25) is 0 Å². The first-order valence-corrected chi connectivity index (χ1v) is 4.58. The fourth-order valence-corrected chi connectivity index (χ4v) is 1.37. The Morgan fingerprint density at radius 1 is 1.50 bits per heavy atom. The van der Waals surface area contributed by atoms with Crippen molar-refractivity contribution in [2.75, 3.05) is 7.11 Å². The van der Waals surface area contributed by atoms with Crippen molar-refractivity contribution < 1.29 is 14.2 Å². The van der Waals surface area contributed by atoms with Gasteiger partial charge in [0.2, 0.25) is 0 Å². The molecule has 0 saturated heterocycles. The highest BCUT2D eigenvalue weighted by Gasteiger charge is 2.28. The molecular weight excluding hydrogens is 183 g/mol. The first kappa shape index (κ1) is 11.0. The number of ether oxygens (including phenoxy) is 1. The standard InChI is InChI=1S/C11H15FO2/c1-4-11(2,13)10-8(12)6-5-7-9(10)14-3/h5-7,13H,4H2,1-3H3. The van der Waals surface area contributed by atoms with Gasteiger partial charge >= 0.3 is 0 Å². The average Bonchev–Trinajstić information content (AvgIpc) is 2.17. The first-order chi connectivity index (χ1) is 6.53. The molecule has 1 atom stereocenters. The first-order valence-electron chi connectivity index (χ1n) is 4.58. The van der Waals surface area contributed by atoms with Gasteiger partial charge in [-0.3, -0.25) is 0 Å². The van der Waals surface area contributed by atoms with Crippen LogP contribution < -0.4 is 4.74 Å². The van der Waals surface area contributed by atoms with Crippen LogP contribution in [0.25, 0.3) is 0 Å². The maximum Gasteiger partial charge on any atom is 0.133 e. The van der Waals surface area contributed by atoms with Crippen LogP contribution in [0.3, 0.4) is 0 Å². The zero-order valence-corrected chi connectivity index (χ0v) is 8.67. The predicted molar refractivity (Wildman–Crippen MR) is 52.8 cm³/mol. The summed E-state index contributed by atoms with van der Waals surface area (Å²) in [6, 6.07) is 4.52. The lowest BCUT2D eigenvalue weighted by molar-refractivity contribution is 0.0466. The minimum absolute atomic E-state index is 0.227. The van der Waals surface area contributed by atoms with E-state index in [1.807, 2.05) is 0 Å². The van der Waals surface area contributed by atoms with E-state index >= 15 is 0 Å². The number of rotatable bonds is 3. The van der Waals surface area contributed by atoms with Crippen molar-refractivity contribution in [2.45, 2.75) is 25.9 Å². The topological polar surface area (TPSA) is 29.5 Å². The molecular formula is C11H15FO2. The molecule has 2 nitrogen and oxygen atoms in total. The fourth-order valence-electron chi connectivity index (χ4n) is 1.37. The molecule has 0 saturated carbocycles. The number of halogens is 1. The normalized spacial score (nSPS) is 14.9. The highest BCUT2D eigenvalue weighted by molar-refractivity contribution is 5.38. The molecule has 78 valence electrons. The van der Waals surface area contributed by atoms with E-state index in [0.29, 0.717) is 12.2 Å². The number of methoxy groups -OCH3 is 1. The molecule has 0 aliphatic rings. The van der Waals surface area contributed by atoms with Crippen LogP contribution in [0.4, 0.5) is 4.39 Å². The smallest absolute Gasteiger partial charge is 0.133 e. The van der Waals surface area contributed by atoms with Gasteiger partial charge in [0.15, 0.2) is 0 Å². The zero-order valence-electron chi connectivity index (χ0n) is 8.67. The van der Waals surface area contributed by atoms with E-state index < -0.39 is 11.4 Å². The SMILES string of the molecule is CCC(C)(O)c1c(F)cccc1OC. The minimum atomic E-state index is -1.18. The largest absolute Gasteiger partial charge is 0.496 e. The van der Waals surface area contributed by atoms with Gasteiger partial charge in [-0.05, 0) is 25.5 Å². The number of benzene rings is 1. The van der Waals surface area contributed by atoms with Crippen molar-refractivity contribution in [3.63, 3.8) is 0 Å². The summed E-state index contributed by atoms with van der Waals surface area (Å²) >= 11 is 0. The Morgan fingerprint density at radius 3 is 2.64 bits per heavy atom. The van der Waals surface area contributed by atoms with Crippen LogP contribution in [-0.2, 0) is 5.60 Å². The van der Waals surface area contributed by atoms with Gasteiger partial charge in [-0.1, -0.05) is 13.0 Å². The molecule has 3 heteroatoms. The Hall–Kier alpha value is -1.09. The molecule has 1 N–H and O–H groups in total. The average molecular weight is 198 g/mol. The molecule has 0 aliphatic carbocycles. The number of aliphatic hydroxyl groups is 1. The van der Waals surface area contributed by atoms with E-state index in [0.717, 1.165) is 0 Å². The monoisotopic (exact) mass is 198 g/mol. The molecule has 0 aromatic heterocycles. The quantitative estimate of drug-likeness (QED) is 0.808. The second-order valence-corrected chi connectivity index (χ2v) is 3.44. The molecule has 0 aliphatic heterocycles. The van der Waals surface area contributed by atoms with Crippen molar-refractivity contribution in [3.8, 4) is 5.75 Å². The van der Waals surface area contributed by atoms with E-state index in [1.54, 1.807) is 26.0 Å². The zero-order chi connectivity index (χ0) is 10.8. The maximum atomic E-state index is 13.5. The van der Waals surface area contributed by atoms with Crippen LogP contribution in [0, 0.1) is 5.82 Å². The summed E-state index contributed by atoms with van der Waals surface area (Å²) in [5.74, 6) is -0.0481. The summed E-state index contributed by atoms with van der Waals surface area (Å²) in [6.07, 6.45) is 0.435. The van der Waals surface area contributed by atoms with Crippen LogP contribution in [0.5, 0.6) is 5.75 Å². The third kappa shape index (κ3) is 1.87. The molecule has 1 rings (SSSR count). The van der Waals surface area contributed by atoms with Gasteiger partial charge < -0.3 is 9.84 Å². The molecule has 1 aromatic carbocycles. The third-order valence-electron chi connectivity index (χ3n) is 2.42.